The van der Waals surface area contributed by atoms with Crippen molar-refractivity contribution in [1.82, 2.24) is 0 Å². The second-order valence-electron chi connectivity index (χ2n) is 3.18. The highest BCUT2D eigenvalue weighted by atomic mass is 35.5. The van der Waals surface area contributed by atoms with Crippen molar-refractivity contribution >= 4 is 22.6 Å². The number of carbonyl (C=O) groups is 2. The van der Waals surface area contributed by atoms with Crippen molar-refractivity contribution in [2.24, 2.45) is 0 Å². The van der Waals surface area contributed by atoms with Crippen molar-refractivity contribution in [3.63, 3.8) is 0 Å². The topological polar surface area (TPSA) is 54.4 Å². The van der Waals surface area contributed by atoms with Crippen LogP contribution in [0.15, 0.2) is 24.3 Å². The van der Waals surface area contributed by atoms with Gasteiger partial charge in [-0.25, -0.2) is 0 Å². The molecule has 0 spiro atoms. The second kappa shape index (κ2) is 5.05. The first kappa shape index (κ1) is 11.9. The Kier molecular flexibility index (Phi) is 4.00. The van der Waals surface area contributed by atoms with Gasteiger partial charge in [0.25, 0.3) is 0 Å². The SMILES string of the molecule is CC(=O)c1ccccc1C(CO)C(=O)Cl. The van der Waals surface area contributed by atoms with Crippen molar-refractivity contribution in [3.8, 4) is 0 Å². The van der Waals surface area contributed by atoms with Crippen LogP contribution in [0, 0.1) is 0 Å². The van der Waals surface area contributed by atoms with E-state index < -0.39 is 17.8 Å². The summed E-state index contributed by atoms with van der Waals surface area (Å²) >= 11 is 5.34. The van der Waals surface area contributed by atoms with Gasteiger partial charge >= 0.3 is 0 Å². The van der Waals surface area contributed by atoms with Gasteiger partial charge in [0.15, 0.2) is 5.78 Å². The van der Waals surface area contributed by atoms with Crippen LogP contribution in [0.5, 0.6) is 0 Å². The maximum Gasteiger partial charge on any atom is 0.231 e. The zero-order chi connectivity index (χ0) is 11.4. The minimum atomic E-state index is -0.827. The summed E-state index contributed by atoms with van der Waals surface area (Å²) in [6.45, 7) is 1.01. The number of ketones is 1. The van der Waals surface area contributed by atoms with Crippen LogP contribution in [0.2, 0.25) is 0 Å². The molecule has 1 atom stereocenters. The quantitative estimate of drug-likeness (QED) is 0.629. The fourth-order valence-corrected chi connectivity index (χ4v) is 1.60. The van der Waals surface area contributed by atoms with Gasteiger partial charge in [-0.3, -0.25) is 9.59 Å². The van der Waals surface area contributed by atoms with E-state index >= 15 is 0 Å². The first-order chi connectivity index (χ1) is 7.07. The molecule has 0 heterocycles. The predicted octanol–water partition coefficient (Wildman–Crippen LogP) is 1.73. The Balaban J connectivity index is 3.22. The molecule has 0 saturated heterocycles. The molecule has 1 rings (SSSR count). The number of hydrogen-bond acceptors (Lipinski definition) is 3. The van der Waals surface area contributed by atoms with Crippen LogP contribution in [0.25, 0.3) is 0 Å². The lowest BCUT2D eigenvalue weighted by molar-refractivity contribution is -0.113. The lowest BCUT2D eigenvalue weighted by Gasteiger charge is -2.12. The van der Waals surface area contributed by atoms with Gasteiger partial charge in [-0.1, -0.05) is 24.3 Å². The molecular formula is C11H11ClO3. The molecule has 15 heavy (non-hydrogen) atoms. The van der Waals surface area contributed by atoms with Gasteiger partial charge in [0.05, 0.1) is 12.5 Å². The lowest BCUT2D eigenvalue weighted by atomic mass is 9.94. The molecule has 1 aromatic rings. The van der Waals surface area contributed by atoms with E-state index in [0.717, 1.165) is 0 Å². The van der Waals surface area contributed by atoms with E-state index in [2.05, 4.69) is 0 Å². The van der Waals surface area contributed by atoms with Crippen molar-refractivity contribution in [2.45, 2.75) is 12.8 Å². The molecule has 0 fully saturated rings. The standard InChI is InChI=1S/C11H11ClO3/c1-7(14)8-4-2-3-5-9(8)10(6-13)11(12)15/h2-5,10,13H,6H2,1H3. The summed E-state index contributed by atoms with van der Waals surface area (Å²) in [5, 5.41) is 8.38. The minimum Gasteiger partial charge on any atom is -0.395 e. The van der Waals surface area contributed by atoms with E-state index in [4.69, 9.17) is 16.7 Å². The van der Waals surface area contributed by atoms with Crippen molar-refractivity contribution in [2.75, 3.05) is 6.61 Å². The van der Waals surface area contributed by atoms with Crippen LogP contribution in [0.3, 0.4) is 0 Å². The van der Waals surface area contributed by atoms with E-state index in [-0.39, 0.29) is 5.78 Å². The van der Waals surface area contributed by atoms with E-state index in [0.29, 0.717) is 11.1 Å². The van der Waals surface area contributed by atoms with Gasteiger partial charge < -0.3 is 5.11 Å². The molecule has 3 nitrogen and oxygen atoms in total. The number of benzene rings is 1. The van der Waals surface area contributed by atoms with Crippen LogP contribution < -0.4 is 0 Å². The van der Waals surface area contributed by atoms with Gasteiger partial charge in [-0.2, -0.15) is 0 Å². The molecule has 0 aromatic heterocycles. The number of carbonyl (C=O) groups excluding carboxylic acids is 2. The zero-order valence-corrected chi connectivity index (χ0v) is 8.99. The molecule has 0 aliphatic rings. The molecule has 0 bridgehead atoms. The minimum absolute atomic E-state index is 0.151. The Hall–Kier alpha value is -1.19. The first-order valence-electron chi connectivity index (χ1n) is 4.48. The van der Waals surface area contributed by atoms with Crippen molar-refractivity contribution in [1.29, 1.82) is 0 Å². The van der Waals surface area contributed by atoms with Crippen LogP contribution in [-0.2, 0) is 4.79 Å². The van der Waals surface area contributed by atoms with Crippen molar-refractivity contribution < 1.29 is 14.7 Å². The number of Topliss-reactive ketones (excluding diaryl/α,β-unsaturated/α-hetero) is 1. The van der Waals surface area contributed by atoms with Crippen LogP contribution in [0.4, 0.5) is 0 Å². The molecule has 1 N–H and O–H groups in total. The number of aliphatic hydroxyl groups is 1. The molecule has 1 unspecified atom stereocenters. The summed E-state index contributed by atoms with van der Waals surface area (Å²) in [6.07, 6.45) is 0. The Morgan fingerprint density at radius 2 is 2.00 bits per heavy atom. The molecule has 80 valence electrons. The van der Waals surface area contributed by atoms with Gasteiger partial charge in [0.2, 0.25) is 5.24 Å². The average Bonchev–Trinajstić information content (AvgIpc) is 2.18. The third-order valence-electron chi connectivity index (χ3n) is 2.17. The van der Waals surface area contributed by atoms with Gasteiger partial charge in [-0.15, -0.1) is 0 Å². The monoisotopic (exact) mass is 226 g/mol. The summed E-state index contributed by atoms with van der Waals surface area (Å²) in [6, 6.07) is 6.63. The molecular weight excluding hydrogens is 216 g/mol. The predicted molar refractivity (Wildman–Crippen MR) is 57.1 cm³/mol. The fraction of sp³-hybridized carbons (Fsp3) is 0.273. The molecule has 0 amide bonds. The van der Waals surface area contributed by atoms with Gasteiger partial charge in [0.1, 0.15) is 0 Å². The van der Waals surface area contributed by atoms with E-state index in [1.165, 1.54) is 6.92 Å². The fourth-order valence-electron chi connectivity index (χ4n) is 1.41. The second-order valence-corrected chi connectivity index (χ2v) is 3.56. The zero-order valence-electron chi connectivity index (χ0n) is 8.24. The summed E-state index contributed by atoms with van der Waals surface area (Å²) in [4.78, 5) is 22.3. The Morgan fingerprint density at radius 1 is 1.40 bits per heavy atom. The lowest BCUT2D eigenvalue weighted by Crippen LogP contribution is -2.14. The molecule has 0 aliphatic carbocycles. The number of aliphatic hydroxyl groups excluding tert-OH is 1. The van der Waals surface area contributed by atoms with Gasteiger partial charge in [-0.05, 0) is 24.1 Å². The van der Waals surface area contributed by atoms with E-state index in [1.807, 2.05) is 0 Å². The van der Waals surface area contributed by atoms with Crippen LogP contribution in [0.1, 0.15) is 28.8 Å². The normalized spacial score (nSPS) is 12.2. The van der Waals surface area contributed by atoms with Crippen molar-refractivity contribution in [3.05, 3.63) is 35.4 Å². The maximum absolute atomic E-state index is 11.3. The average molecular weight is 227 g/mol. The summed E-state index contributed by atoms with van der Waals surface area (Å²) in [5.74, 6) is -0.978. The maximum atomic E-state index is 11.3. The van der Waals surface area contributed by atoms with E-state index in [9.17, 15) is 9.59 Å². The number of hydrogen-bond donors (Lipinski definition) is 1. The largest absolute Gasteiger partial charge is 0.395 e. The van der Waals surface area contributed by atoms with E-state index in [1.54, 1.807) is 24.3 Å². The highest BCUT2D eigenvalue weighted by Gasteiger charge is 2.21. The van der Waals surface area contributed by atoms with Gasteiger partial charge in [0, 0.05) is 5.56 Å². The molecule has 0 saturated carbocycles. The molecule has 0 aliphatic heterocycles. The number of halogens is 1. The highest BCUT2D eigenvalue weighted by Crippen LogP contribution is 2.22. The Bertz CT molecular complexity index is 387. The Labute approximate surface area is 92.7 Å². The highest BCUT2D eigenvalue weighted by molar-refractivity contribution is 6.64. The summed E-state index contributed by atoms with van der Waals surface area (Å²) < 4.78 is 0. The summed E-state index contributed by atoms with van der Waals surface area (Å²) in [5.41, 5.74) is 0.901. The smallest absolute Gasteiger partial charge is 0.231 e. The molecule has 1 aromatic carbocycles. The third-order valence-corrected chi connectivity index (χ3v) is 2.44. The summed E-state index contributed by atoms with van der Waals surface area (Å²) in [7, 11) is 0. The third kappa shape index (κ3) is 2.64. The Morgan fingerprint density at radius 3 is 2.47 bits per heavy atom. The number of rotatable bonds is 4. The first-order valence-corrected chi connectivity index (χ1v) is 4.85. The van der Waals surface area contributed by atoms with Crippen LogP contribution >= 0.6 is 11.6 Å². The molecule has 0 radical (unpaired) electrons. The van der Waals surface area contributed by atoms with Crippen LogP contribution in [-0.4, -0.2) is 22.7 Å². The molecule has 4 heteroatoms.